The molecule has 3 rings (SSSR count). The van der Waals surface area contributed by atoms with Gasteiger partial charge in [-0.2, -0.15) is 0 Å². The molecule has 0 saturated carbocycles. The van der Waals surface area contributed by atoms with Crippen molar-refractivity contribution in [2.45, 2.75) is 6.42 Å². The summed E-state index contributed by atoms with van der Waals surface area (Å²) in [6, 6.07) is 19.6. The molecule has 0 aliphatic heterocycles. The number of carbonyl (C=O) groups is 1. The highest BCUT2D eigenvalue weighted by Gasteiger charge is 2.10. The van der Waals surface area contributed by atoms with Gasteiger partial charge in [0.05, 0.1) is 0 Å². The standard InChI is InChI=1S/C18H13FO/c19-15-10-8-13(9-11-15)12-18(20)17-7-3-5-14-4-1-2-6-16(14)17/h1-11H,12H2. The van der Waals surface area contributed by atoms with Gasteiger partial charge in [-0.15, -0.1) is 0 Å². The lowest BCUT2D eigenvalue weighted by atomic mass is 9.97. The summed E-state index contributed by atoms with van der Waals surface area (Å²) in [6.45, 7) is 0. The summed E-state index contributed by atoms with van der Waals surface area (Å²) >= 11 is 0. The average molecular weight is 264 g/mol. The van der Waals surface area contributed by atoms with Crippen LogP contribution in [0.5, 0.6) is 0 Å². The van der Waals surface area contributed by atoms with Gasteiger partial charge in [-0.05, 0) is 28.5 Å². The van der Waals surface area contributed by atoms with Crippen LogP contribution in [0.25, 0.3) is 10.8 Å². The maximum absolute atomic E-state index is 12.9. The van der Waals surface area contributed by atoms with E-state index >= 15 is 0 Å². The SMILES string of the molecule is O=C(Cc1ccc(F)cc1)c1cccc2ccccc12. The molecule has 0 spiro atoms. The number of rotatable bonds is 3. The number of halogens is 1. The summed E-state index contributed by atoms with van der Waals surface area (Å²) in [6.07, 6.45) is 0.286. The molecule has 98 valence electrons. The third-order valence-electron chi connectivity index (χ3n) is 3.37. The van der Waals surface area contributed by atoms with Crippen LogP contribution in [0.1, 0.15) is 15.9 Å². The van der Waals surface area contributed by atoms with Crippen LogP contribution in [0, 0.1) is 5.82 Å². The van der Waals surface area contributed by atoms with E-state index in [-0.39, 0.29) is 18.0 Å². The third-order valence-corrected chi connectivity index (χ3v) is 3.37. The molecule has 0 unspecified atom stereocenters. The molecule has 0 N–H and O–H groups in total. The number of fused-ring (bicyclic) bond motifs is 1. The number of Topliss-reactive ketones (excluding diaryl/α,β-unsaturated/α-hetero) is 1. The van der Waals surface area contributed by atoms with Gasteiger partial charge in [-0.3, -0.25) is 4.79 Å². The lowest BCUT2D eigenvalue weighted by Gasteiger charge is -2.06. The lowest BCUT2D eigenvalue weighted by Crippen LogP contribution is -2.04. The molecular weight excluding hydrogens is 251 g/mol. The Morgan fingerprint density at radius 3 is 2.35 bits per heavy atom. The van der Waals surface area contributed by atoms with E-state index in [4.69, 9.17) is 0 Å². The van der Waals surface area contributed by atoms with Crippen LogP contribution in [-0.4, -0.2) is 5.78 Å². The van der Waals surface area contributed by atoms with Crippen molar-refractivity contribution in [3.8, 4) is 0 Å². The molecule has 0 saturated heterocycles. The molecule has 0 radical (unpaired) electrons. The summed E-state index contributed by atoms with van der Waals surface area (Å²) in [7, 11) is 0. The fraction of sp³-hybridized carbons (Fsp3) is 0.0556. The van der Waals surface area contributed by atoms with Crippen molar-refractivity contribution in [3.63, 3.8) is 0 Å². The number of hydrogen-bond acceptors (Lipinski definition) is 1. The minimum atomic E-state index is -0.286. The number of carbonyl (C=O) groups excluding carboxylic acids is 1. The Balaban J connectivity index is 1.94. The highest BCUT2D eigenvalue weighted by atomic mass is 19.1. The zero-order valence-electron chi connectivity index (χ0n) is 10.8. The monoisotopic (exact) mass is 264 g/mol. The molecule has 0 atom stereocenters. The smallest absolute Gasteiger partial charge is 0.167 e. The van der Waals surface area contributed by atoms with E-state index in [1.807, 2.05) is 42.5 Å². The van der Waals surface area contributed by atoms with Crippen molar-refractivity contribution in [2.24, 2.45) is 0 Å². The number of ketones is 1. The van der Waals surface area contributed by atoms with Gasteiger partial charge in [-0.1, -0.05) is 54.6 Å². The van der Waals surface area contributed by atoms with Crippen LogP contribution in [0.3, 0.4) is 0 Å². The normalized spacial score (nSPS) is 10.7. The van der Waals surface area contributed by atoms with Crippen LogP contribution >= 0.6 is 0 Å². The minimum Gasteiger partial charge on any atom is -0.294 e. The second kappa shape index (κ2) is 5.25. The molecule has 2 heteroatoms. The second-order valence-electron chi connectivity index (χ2n) is 4.75. The molecule has 0 aromatic heterocycles. The largest absolute Gasteiger partial charge is 0.294 e. The topological polar surface area (TPSA) is 17.1 Å². The van der Waals surface area contributed by atoms with Gasteiger partial charge in [0.2, 0.25) is 0 Å². The quantitative estimate of drug-likeness (QED) is 0.641. The number of hydrogen-bond donors (Lipinski definition) is 0. The molecule has 20 heavy (non-hydrogen) atoms. The van der Waals surface area contributed by atoms with E-state index in [0.717, 1.165) is 16.3 Å². The van der Waals surface area contributed by atoms with Crippen molar-refractivity contribution in [1.82, 2.24) is 0 Å². The fourth-order valence-electron chi connectivity index (χ4n) is 2.35. The predicted molar refractivity (Wildman–Crippen MR) is 78.4 cm³/mol. The highest BCUT2D eigenvalue weighted by Crippen LogP contribution is 2.20. The zero-order valence-corrected chi connectivity index (χ0v) is 10.8. The van der Waals surface area contributed by atoms with Crippen LogP contribution < -0.4 is 0 Å². The van der Waals surface area contributed by atoms with Crippen molar-refractivity contribution >= 4 is 16.6 Å². The Labute approximate surface area is 116 Å². The molecule has 0 heterocycles. The minimum absolute atomic E-state index is 0.0495. The molecule has 0 aliphatic carbocycles. The van der Waals surface area contributed by atoms with Crippen molar-refractivity contribution in [1.29, 1.82) is 0 Å². The first-order chi connectivity index (χ1) is 9.74. The molecular formula is C18H13FO. The van der Waals surface area contributed by atoms with Crippen molar-refractivity contribution in [3.05, 3.63) is 83.7 Å². The molecule has 0 aliphatic rings. The van der Waals surface area contributed by atoms with Crippen LogP contribution in [0.15, 0.2) is 66.7 Å². The Morgan fingerprint density at radius 1 is 0.850 bits per heavy atom. The highest BCUT2D eigenvalue weighted by molar-refractivity contribution is 6.08. The fourth-order valence-corrected chi connectivity index (χ4v) is 2.35. The maximum Gasteiger partial charge on any atom is 0.167 e. The van der Waals surface area contributed by atoms with Gasteiger partial charge in [0.1, 0.15) is 5.82 Å². The van der Waals surface area contributed by atoms with E-state index in [9.17, 15) is 9.18 Å². The first kappa shape index (κ1) is 12.5. The zero-order chi connectivity index (χ0) is 13.9. The Kier molecular flexibility index (Phi) is 3.30. The first-order valence-electron chi connectivity index (χ1n) is 6.49. The number of benzene rings is 3. The van der Waals surface area contributed by atoms with Crippen molar-refractivity contribution in [2.75, 3.05) is 0 Å². The maximum atomic E-state index is 12.9. The van der Waals surface area contributed by atoms with E-state index in [2.05, 4.69) is 0 Å². The van der Waals surface area contributed by atoms with Gasteiger partial charge < -0.3 is 0 Å². The summed E-state index contributed by atoms with van der Waals surface area (Å²) in [5.74, 6) is -0.236. The van der Waals surface area contributed by atoms with Gasteiger partial charge in [0, 0.05) is 12.0 Å². The third kappa shape index (κ3) is 2.45. The summed E-state index contributed by atoms with van der Waals surface area (Å²) in [5.41, 5.74) is 1.54. The van der Waals surface area contributed by atoms with E-state index < -0.39 is 0 Å². The Morgan fingerprint density at radius 2 is 1.55 bits per heavy atom. The Hall–Kier alpha value is -2.48. The lowest BCUT2D eigenvalue weighted by molar-refractivity contribution is 0.0994. The van der Waals surface area contributed by atoms with Crippen LogP contribution in [0.2, 0.25) is 0 Å². The molecule has 0 bridgehead atoms. The van der Waals surface area contributed by atoms with E-state index in [0.29, 0.717) is 5.56 Å². The molecule has 1 nitrogen and oxygen atoms in total. The van der Waals surface area contributed by atoms with Crippen molar-refractivity contribution < 1.29 is 9.18 Å². The first-order valence-corrected chi connectivity index (χ1v) is 6.49. The van der Waals surface area contributed by atoms with E-state index in [1.54, 1.807) is 12.1 Å². The molecule has 0 fully saturated rings. The average Bonchev–Trinajstić information content (AvgIpc) is 2.49. The van der Waals surface area contributed by atoms with Crippen LogP contribution in [0.4, 0.5) is 4.39 Å². The predicted octanol–water partition coefficient (Wildman–Crippen LogP) is 4.40. The van der Waals surface area contributed by atoms with Crippen LogP contribution in [-0.2, 0) is 6.42 Å². The van der Waals surface area contributed by atoms with Gasteiger partial charge >= 0.3 is 0 Å². The molecule has 0 amide bonds. The molecule has 3 aromatic rings. The summed E-state index contributed by atoms with van der Waals surface area (Å²) in [4.78, 5) is 12.4. The summed E-state index contributed by atoms with van der Waals surface area (Å²) in [5, 5.41) is 2.01. The van der Waals surface area contributed by atoms with Gasteiger partial charge in [-0.25, -0.2) is 4.39 Å². The summed E-state index contributed by atoms with van der Waals surface area (Å²) < 4.78 is 12.9. The second-order valence-corrected chi connectivity index (χ2v) is 4.75. The van der Waals surface area contributed by atoms with Gasteiger partial charge in [0.15, 0.2) is 5.78 Å². The Bertz CT molecular complexity index is 754. The molecule has 3 aromatic carbocycles. The van der Waals surface area contributed by atoms with E-state index in [1.165, 1.54) is 12.1 Å². The van der Waals surface area contributed by atoms with Gasteiger partial charge in [0.25, 0.3) is 0 Å².